The van der Waals surface area contributed by atoms with Gasteiger partial charge in [-0.3, -0.25) is 9.59 Å². The maximum atomic E-state index is 10.6. The summed E-state index contributed by atoms with van der Waals surface area (Å²) in [5.41, 5.74) is 0. The molecule has 0 amide bonds. The first-order chi connectivity index (χ1) is 5.06. The minimum absolute atomic E-state index is 0.413. The van der Waals surface area contributed by atoms with Crippen molar-refractivity contribution in [3.05, 3.63) is 11.8 Å². The summed E-state index contributed by atoms with van der Waals surface area (Å²) < 4.78 is 4.55. The van der Waals surface area contributed by atoms with Crippen molar-refractivity contribution < 1.29 is 19.4 Å². The highest BCUT2D eigenvalue weighted by Gasteiger charge is 2.08. The molecule has 0 fully saturated rings. The number of esters is 1. The molecule has 0 unspecified atom stereocenters. The molecule has 62 valence electrons. The summed E-state index contributed by atoms with van der Waals surface area (Å²) in [6.07, 6.45) is 0.991. The fraction of sp³-hybridized carbons (Fsp3) is 0.429. The van der Waals surface area contributed by atoms with Gasteiger partial charge in [0.05, 0.1) is 0 Å². The zero-order valence-corrected chi connectivity index (χ0v) is 6.46. The highest BCUT2D eigenvalue weighted by Crippen LogP contribution is 1.97. The molecule has 0 aromatic heterocycles. The van der Waals surface area contributed by atoms with Crippen molar-refractivity contribution in [2.75, 3.05) is 0 Å². The van der Waals surface area contributed by atoms with Gasteiger partial charge in [0.2, 0.25) is 0 Å². The molecule has 0 rings (SSSR count). The number of rotatable bonds is 3. The molecule has 0 aliphatic rings. The predicted molar refractivity (Wildman–Crippen MR) is 37.8 cm³/mol. The minimum atomic E-state index is -1.18. The smallest absolute Gasteiger partial charge is 0.322 e. The second-order valence-corrected chi connectivity index (χ2v) is 1.94. The van der Waals surface area contributed by atoms with Crippen LogP contribution in [0.5, 0.6) is 0 Å². The van der Waals surface area contributed by atoms with E-state index in [1.807, 2.05) is 0 Å². The van der Waals surface area contributed by atoms with E-state index in [4.69, 9.17) is 5.11 Å². The summed E-state index contributed by atoms with van der Waals surface area (Å²) in [6, 6.07) is 0. The van der Waals surface area contributed by atoms with Crippen molar-refractivity contribution >= 4 is 11.9 Å². The average Bonchev–Trinajstić information content (AvgIpc) is 1.85. The largest absolute Gasteiger partial charge is 0.481 e. The van der Waals surface area contributed by atoms with Crippen LogP contribution >= 0.6 is 0 Å². The number of carboxylic acid groups (broad SMARTS) is 1. The Morgan fingerprint density at radius 1 is 1.55 bits per heavy atom. The normalized spacial score (nSPS) is 10.9. The van der Waals surface area contributed by atoms with Crippen LogP contribution in [0.25, 0.3) is 0 Å². The first-order valence-corrected chi connectivity index (χ1v) is 3.11. The van der Waals surface area contributed by atoms with E-state index in [0.29, 0.717) is 5.76 Å². The Kier molecular flexibility index (Phi) is 3.95. The van der Waals surface area contributed by atoms with E-state index in [1.54, 1.807) is 19.9 Å². The number of carbonyl (C=O) groups is 2. The summed E-state index contributed by atoms with van der Waals surface area (Å²) >= 11 is 0. The lowest BCUT2D eigenvalue weighted by molar-refractivity contribution is -0.148. The van der Waals surface area contributed by atoms with Gasteiger partial charge in [-0.25, -0.2) is 0 Å². The second-order valence-electron chi connectivity index (χ2n) is 1.94. The van der Waals surface area contributed by atoms with Crippen molar-refractivity contribution in [1.82, 2.24) is 0 Å². The quantitative estimate of drug-likeness (QED) is 0.377. The Balaban J connectivity index is 3.79. The van der Waals surface area contributed by atoms with Gasteiger partial charge in [0.1, 0.15) is 12.2 Å². The topological polar surface area (TPSA) is 63.6 Å². The molecule has 0 radical (unpaired) electrons. The highest BCUT2D eigenvalue weighted by molar-refractivity contribution is 5.90. The van der Waals surface area contributed by atoms with Gasteiger partial charge in [0.25, 0.3) is 0 Å². The number of aliphatic carboxylic acids is 1. The van der Waals surface area contributed by atoms with Crippen molar-refractivity contribution in [3.63, 3.8) is 0 Å². The van der Waals surface area contributed by atoms with E-state index < -0.39 is 18.4 Å². The van der Waals surface area contributed by atoms with Crippen molar-refractivity contribution in [1.29, 1.82) is 0 Å². The molecule has 0 saturated carbocycles. The van der Waals surface area contributed by atoms with Crippen LogP contribution in [0.2, 0.25) is 0 Å². The third kappa shape index (κ3) is 5.14. The average molecular weight is 158 g/mol. The number of hydrogen-bond acceptors (Lipinski definition) is 3. The number of carboxylic acids is 1. The number of carbonyl (C=O) groups excluding carboxylic acids is 1. The lowest BCUT2D eigenvalue weighted by atomic mass is 10.4. The monoisotopic (exact) mass is 158 g/mol. The molecule has 4 nitrogen and oxygen atoms in total. The van der Waals surface area contributed by atoms with E-state index in [1.165, 1.54) is 0 Å². The Labute approximate surface area is 64.5 Å². The third-order valence-electron chi connectivity index (χ3n) is 0.977. The van der Waals surface area contributed by atoms with Crippen molar-refractivity contribution in [2.45, 2.75) is 20.3 Å². The summed E-state index contributed by atoms with van der Waals surface area (Å²) in [6.45, 7) is 3.28. The molecule has 0 atom stereocenters. The fourth-order valence-electron chi connectivity index (χ4n) is 0.398. The van der Waals surface area contributed by atoms with Gasteiger partial charge in [0, 0.05) is 0 Å². The van der Waals surface area contributed by atoms with Crippen LogP contribution in [0.4, 0.5) is 0 Å². The Morgan fingerprint density at radius 3 is 2.45 bits per heavy atom. The minimum Gasteiger partial charge on any atom is -0.481 e. The zero-order valence-electron chi connectivity index (χ0n) is 6.46. The van der Waals surface area contributed by atoms with Gasteiger partial charge in [-0.1, -0.05) is 0 Å². The van der Waals surface area contributed by atoms with Crippen LogP contribution in [0.3, 0.4) is 0 Å². The van der Waals surface area contributed by atoms with Crippen LogP contribution in [-0.2, 0) is 14.3 Å². The van der Waals surface area contributed by atoms with Gasteiger partial charge < -0.3 is 9.84 Å². The van der Waals surface area contributed by atoms with E-state index in [0.717, 1.165) is 0 Å². The number of hydrogen-bond donors (Lipinski definition) is 1. The fourth-order valence-corrected chi connectivity index (χ4v) is 0.398. The van der Waals surface area contributed by atoms with Gasteiger partial charge >= 0.3 is 11.9 Å². The highest BCUT2D eigenvalue weighted by atomic mass is 16.5. The van der Waals surface area contributed by atoms with E-state index in [2.05, 4.69) is 4.74 Å². The predicted octanol–water partition coefficient (Wildman–Crippen LogP) is 0.928. The van der Waals surface area contributed by atoms with Crippen molar-refractivity contribution in [2.24, 2.45) is 0 Å². The van der Waals surface area contributed by atoms with Crippen molar-refractivity contribution in [3.8, 4) is 0 Å². The van der Waals surface area contributed by atoms with Gasteiger partial charge in [-0.15, -0.1) is 0 Å². The zero-order chi connectivity index (χ0) is 8.85. The van der Waals surface area contributed by atoms with E-state index >= 15 is 0 Å². The van der Waals surface area contributed by atoms with Crippen LogP contribution in [0.15, 0.2) is 11.8 Å². The van der Waals surface area contributed by atoms with Gasteiger partial charge in [-0.05, 0) is 19.9 Å². The molecule has 1 N–H and O–H groups in total. The molecule has 0 heterocycles. The molecule has 0 aliphatic heterocycles. The van der Waals surface area contributed by atoms with Crippen LogP contribution < -0.4 is 0 Å². The molecule has 0 bridgehead atoms. The Hall–Kier alpha value is -1.32. The lowest BCUT2D eigenvalue weighted by Gasteiger charge is -1.99. The molecule has 4 heteroatoms. The van der Waals surface area contributed by atoms with Crippen LogP contribution in [-0.4, -0.2) is 17.0 Å². The number of allylic oxidation sites excluding steroid dienone is 2. The van der Waals surface area contributed by atoms with Gasteiger partial charge in [-0.2, -0.15) is 0 Å². The van der Waals surface area contributed by atoms with Gasteiger partial charge in [0.15, 0.2) is 0 Å². The second kappa shape index (κ2) is 4.49. The molecule has 0 saturated heterocycles. The first-order valence-electron chi connectivity index (χ1n) is 3.11. The standard InChI is InChI=1S/C7H10O4/c1-3-5(2)11-7(10)4-6(8)9/h3H,4H2,1-2H3,(H,8,9). The summed E-state index contributed by atoms with van der Waals surface area (Å²) in [5, 5.41) is 8.15. The van der Waals surface area contributed by atoms with E-state index in [9.17, 15) is 9.59 Å². The van der Waals surface area contributed by atoms with Crippen LogP contribution in [0.1, 0.15) is 20.3 Å². The SMILES string of the molecule is CC=C(C)OC(=O)CC(=O)O. The summed E-state index contributed by atoms with van der Waals surface area (Å²) in [7, 11) is 0. The van der Waals surface area contributed by atoms with E-state index in [-0.39, 0.29) is 0 Å². The lowest BCUT2D eigenvalue weighted by Crippen LogP contribution is -2.09. The molecule has 0 aromatic carbocycles. The summed E-state index contributed by atoms with van der Waals surface area (Å²) in [4.78, 5) is 20.5. The molecular weight excluding hydrogens is 148 g/mol. The summed E-state index contributed by atoms with van der Waals surface area (Å²) in [5.74, 6) is -1.51. The maximum Gasteiger partial charge on any atom is 0.322 e. The number of ether oxygens (including phenoxy) is 1. The maximum absolute atomic E-state index is 10.6. The molecular formula is C7H10O4. The first kappa shape index (κ1) is 9.68. The molecule has 0 aromatic rings. The third-order valence-corrected chi connectivity index (χ3v) is 0.977. The molecule has 11 heavy (non-hydrogen) atoms. The Bertz CT molecular complexity index is 193. The molecule has 0 spiro atoms. The Morgan fingerprint density at radius 2 is 2.09 bits per heavy atom. The van der Waals surface area contributed by atoms with Crippen LogP contribution in [0, 0.1) is 0 Å². The molecule has 0 aliphatic carbocycles.